The highest BCUT2D eigenvalue weighted by Crippen LogP contribution is 2.16. The maximum atomic E-state index is 12.1. The molecule has 0 saturated heterocycles. The molecule has 1 N–H and O–H groups in total. The molecule has 1 amide bonds. The summed E-state index contributed by atoms with van der Waals surface area (Å²) >= 11 is 5.84. The Morgan fingerprint density at radius 1 is 1.05 bits per heavy atom. The average Bonchev–Trinajstić information content (AvgIpc) is 2.48. The molecule has 0 radical (unpaired) electrons. The van der Waals surface area contributed by atoms with Crippen molar-refractivity contribution in [2.24, 2.45) is 0 Å². The SMILES string of the molecule is O=C(Nc1cc2ccccc2oc1=O)c1cccc(Cl)c1. The lowest BCUT2D eigenvalue weighted by Gasteiger charge is -2.05. The monoisotopic (exact) mass is 299 g/mol. The number of para-hydroxylation sites is 1. The van der Waals surface area contributed by atoms with Gasteiger partial charge in [-0.15, -0.1) is 0 Å². The number of benzene rings is 2. The third kappa shape index (κ3) is 2.80. The summed E-state index contributed by atoms with van der Waals surface area (Å²) in [6, 6.07) is 15.2. The number of amides is 1. The lowest BCUT2D eigenvalue weighted by molar-refractivity contribution is 0.102. The number of rotatable bonds is 2. The molecular weight excluding hydrogens is 290 g/mol. The number of nitrogens with one attached hydrogen (secondary N) is 1. The average molecular weight is 300 g/mol. The fourth-order valence-corrected chi connectivity index (χ4v) is 2.16. The number of hydrogen-bond acceptors (Lipinski definition) is 3. The van der Waals surface area contributed by atoms with E-state index >= 15 is 0 Å². The Balaban J connectivity index is 1.96. The Morgan fingerprint density at radius 3 is 2.67 bits per heavy atom. The van der Waals surface area contributed by atoms with Crippen molar-refractivity contribution in [3.8, 4) is 0 Å². The summed E-state index contributed by atoms with van der Waals surface area (Å²) in [5.41, 5.74) is 0.348. The van der Waals surface area contributed by atoms with E-state index in [1.54, 1.807) is 42.5 Å². The van der Waals surface area contributed by atoms with Gasteiger partial charge in [-0.1, -0.05) is 35.9 Å². The third-order valence-corrected chi connectivity index (χ3v) is 3.21. The second kappa shape index (κ2) is 5.42. The van der Waals surface area contributed by atoms with Crippen molar-refractivity contribution in [1.82, 2.24) is 0 Å². The normalized spacial score (nSPS) is 10.5. The van der Waals surface area contributed by atoms with E-state index in [1.807, 2.05) is 6.07 Å². The summed E-state index contributed by atoms with van der Waals surface area (Å²) in [5.74, 6) is -0.417. The Morgan fingerprint density at radius 2 is 1.86 bits per heavy atom. The number of anilines is 1. The predicted molar refractivity (Wildman–Crippen MR) is 81.9 cm³/mol. The summed E-state index contributed by atoms with van der Waals surface area (Å²) in [4.78, 5) is 24.0. The molecule has 1 aromatic heterocycles. The van der Waals surface area contributed by atoms with Crippen LogP contribution in [0.2, 0.25) is 5.02 Å². The zero-order valence-corrected chi connectivity index (χ0v) is 11.6. The smallest absolute Gasteiger partial charge is 0.360 e. The molecule has 0 saturated carbocycles. The fourth-order valence-electron chi connectivity index (χ4n) is 1.97. The number of fused-ring (bicyclic) bond motifs is 1. The predicted octanol–water partition coefficient (Wildman–Crippen LogP) is 3.70. The molecule has 3 rings (SSSR count). The van der Waals surface area contributed by atoms with Gasteiger partial charge in [-0.05, 0) is 30.3 Å². The standard InChI is InChI=1S/C16H10ClNO3/c17-12-6-3-5-11(8-12)15(19)18-13-9-10-4-1-2-7-14(10)21-16(13)20/h1-9H,(H,18,19). The third-order valence-electron chi connectivity index (χ3n) is 2.98. The molecule has 0 fully saturated rings. The fraction of sp³-hybridized carbons (Fsp3) is 0. The summed E-state index contributed by atoms with van der Waals surface area (Å²) in [6.45, 7) is 0. The molecule has 0 aliphatic carbocycles. The Labute approximate surface area is 125 Å². The number of halogens is 1. The molecule has 2 aromatic carbocycles. The van der Waals surface area contributed by atoms with Gasteiger partial charge in [0.05, 0.1) is 0 Å². The van der Waals surface area contributed by atoms with Crippen molar-refractivity contribution in [3.05, 3.63) is 75.6 Å². The molecule has 3 aromatic rings. The zero-order valence-electron chi connectivity index (χ0n) is 10.8. The van der Waals surface area contributed by atoms with Crippen molar-refractivity contribution >= 4 is 34.2 Å². The van der Waals surface area contributed by atoms with E-state index in [2.05, 4.69) is 5.32 Å². The van der Waals surface area contributed by atoms with Gasteiger partial charge in [0.1, 0.15) is 11.3 Å². The highest BCUT2D eigenvalue weighted by Gasteiger charge is 2.11. The van der Waals surface area contributed by atoms with Crippen LogP contribution in [0.25, 0.3) is 11.0 Å². The van der Waals surface area contributed by atoms with Crippen LogP contribution in [-0.2, 0) is 0 Å². The molecule has 0 atom stereocenters. The molecule has 21 heavy (non-hydrogen) atoms. The minimum atomic E-state index is -0.593. The van der Waals surface area contributed by atoms with Crippen LogP contribution in [0.15, 0.2) is 63.8 Å². The van der Waals surface area contributed by atoms with Gasteiger partial charge in [0.2, 0.25) is 0 Å². The maximum Gasteiger partial charge on any atom is 0.360 e. The molecule has 4 nitrogen and oxygen atoms in total. The Hall–Kier alpha value is -2.59. The van der Waals surface area contributed by atoms with Gasteiger partial charge >= 0.3 is 5.63 Å². The lowest BCUT2D eigenvalue weighted by Crippen LogP contribution is -2.17. The van der Waals surface area contributed by atoms with Crippen molar-refractivity contribution in [2.45, 2.75) is 0 Å². The van der Waals surface area contributed by atoms with Gasteiger partial charge in [-0.25, -0.2) is 4.79 Å². The molecule has 104 valence electrons. The van der Waals surface area contributed by atoms with Gasteiger partial charge in [0, 0.05) is 16.0 Å². The van der Waals surface area contributed by atoms with Gasteiger partial charge in [-0.2, -0.15) is 0 Å². The van der Waals surface area contributed by atoms with Crippen molar-refractivity contribution < 1.29 is 9.21 Å². The molecule has 0 bridgehead atoms. The van der Waals surface area contributed by atoms with Crippen molar-refractivity contribution in [2.75, 3.05) is 5.32 Å². The first-order valence-electron chi connectivity index (χ1n) is 6.23. The van der Waals surface area contributed by atoms with E-state index in [0.717, 1.165) is 5.39 Å². The topological polar surface area (TPSA) is 59.3 Å². The summed E-state index contributed by atoms with van der Waals surface area (Å²) in [6.07, 6.45) is 0. The summed E-state index contributed by atoms with van der Waals surface area (Å²) < 4.78 is 5.16. The first kappa shape index (κ1) is 13.4. The van der Waals surface area contributed by atoms with Crippen molar-refractivity contribution in [1.29, 1.82) is 0 Å². The molecule has 0 spiro atoms. The maximum absolute atomic E-state index is 12.1. The van der Waals surface area contributed by atoms with E-state index in [4.69, 9.17) is 16.0 Å². The van der Waals surface area contributed by atoms with E-state index in [-0.39, 0.29) is 5.69 Å². The van der Waals surface area contributed by atoms with Crippen LogP contribution in [0.3, 0.4) is 0 Å². The van der Waals surface area contributed by atoms with Gasteiger partial charge < -0.3 is 9.73 Å². The zero-order chi connectivity index (χ0) is 14.8. The van der Waals surface area contributed by atoms with Gasteiger partial charge in [0.15, 0.2) is 0 Å². The number of carbonyl (C=O) groups excluding carboxylic acids is 1. The van der Waals surface area contributed by atoms with E-state index in [9.17, 15) is 9.59 Å². The quantitative estimate of drug-likeness (QED) is 0.734. The lowest BCUT2D eigenvalue weighted by atomic mass is 10.2. The Kier molecular flexibility index (Phi) is 3.46. The first-order chi connectivity index (χ1) is 10.1. The van der Waals surface area contributed by atoms with Crippen LogP contribution < -0.4 is 10.9 Å². The second-order valence-electron chi connectivity index (χ2n) is 4.45. The molecule has 0 aliphatic heterocycles. The van der Waals surface area contributed by atoms with Crippen LogP contribution >= 0.6 is 11.6 Å². The minimum Gasteiger partial charge on any atom is -0.421 e. The van der Waals surface area contributed by atoms with Crippen molar-refractivity contribution in [3.63, 3.8) is 0 Å². The first-order valence-corrected chi connectivity index (χ1v) is 6.61. The van der Waals surface area contributed by atoms with Gasteiger partial charge in [-0.3, -0.25) is 4.79 Å². The highest BCUT2D eigenvalue weighted by atomic mass is 35.5. The van der Waals surface area contributed by atoms with Crippen LogP contribution in [0.1, 0.15) is 10.4 Å². The van der Waals surface area contributed by atoms with Gasteiger partial charge in [0.25, 0.3) is 5.91 Å². The molecule has 0 aliphatic rings. The van der Waals surface area contributed by atoms with E-state index in [1.165, 1.54) is 6.07 Å². The summed E-state index contributed by atoms with van der Waals surface area (Å²) in [5, 5.41) is 3.73. The van der Waals surface area contributed by atoms with E-state index < -0.39 is 11.5 Å². The molecular formula is C16H10ClNO3. The molecule has 0 unspecified atom stereocenters. The Bertz CT molecular complexity index is 886. The van der Waals surface area contributed by atoms with Crippen LogP contribution in [0, 0.1) is 0 Å². The van der Waals surface area contributed by atoms with E-state index in [0.29, 0.717) is 16.2 Å². The molecule has 5 heteroatoms. The minimum absolute atomic E-state index is 0.0960. The number of carbonyl (C=O) groups is 1. The largest absolute Gasteiger partial charge is 0.421 e. The molecule has 1 heterocycles. The van der Waals surface area contributed by atoms with Crippen LogP contribution in [-0.4, -0.2) is 5.91 Å². The van der Waals surface area contributed by atoms with Crippen LogP contribution in [0.5, 0.6) is 0 Å². The second-order valence-corrected chi connectivity index (χ2v) is 4.89. The van der Waals surface area contributed by atoms with Crippen LogP contribution in [0.4, 0.5) is 5.69 Å². The summed E-state index contributed by atoms with van der Waals surface area (Å²) in [7, 11) is 0. The highest BCUT2D eigenvalue weighted by molar-refractivity contribution is 6.31. The number of hydrogen-bond donors (Lipinski definition) is 1.